The number of halogens is 1. The van der Waals surface area contributed by atoms with Gasteiger partial charge in [0.2, 0.25) is 5.91 Å². The lowest BCUT2D eigenvalue weighted by atomic mass is 10.0. The monoisotopic (exact) mass is 356 g/mol. The second kappa shape index (κ2) is 10.1. The number of benzene rings is 1. The minimum Gasteiger partial charge on any atom is -0.309 e. The van der Waals surface area contributed by atoms with Crippen molar-refractivity contribution in [1.82, 2.24) is 9.80 Å². The predicted molar refractivity (Wildman–Crippen MR) is 105 cm³/mol. The van der Waals surface area contributed by atoms with Gasteiger partial charge < -0.3 is 4.90 Å². The molecule has 1 heterocycles. The summed E-state index contributed by atoms with van der Waals surface area (Å²) in [5.74, 6) is 0.0871. The highest BCUT2D eigenvalue weighted by Gasteiger charge is 2.29. The Bertz CT molecular complexity index is 633. The fourth-order valence-electron chi connectivity index (χ4n) is 3.45. The van der Waals surface area contributed by atoms with Gasteiger partial charge in [-0.05, 0) is 30.6 Å². The summed E-state index contributed by atoms with van der Waals surface area (Å²) in [6.45, 7) is 11.4. The number of nitrogens with zero attached hydrogens (tertiary/aromatic N) is 2. The van der Waals surface area contributed by atoms with E-state index in [9.17, 15) is 9.18 Å². The van der Waals surface area contributed by atoms with Gasteiger partial charge in [-0.25, -0.2) is 4.39 Å². The molecule has 1 saturated heterocycles. The van der Waals surface area contributed by atoms with E-state index < -0.39 is 6.17 Å². The third-order valence-corrected chi connectivity index (χ3v) is 4.85. The normalized spacial score (nSPS) is 17.5. The second-order valence-electron chi connectivity index (χ2n) is 6.56. The lowest BCUT2D eigenvalue weighted by Gasteiger charge is -2.39. The Balaban J connectivity index is 1.98. The van der Waals surface area contributed by atoms with Crippen LogP contribution in [-0.2, 0) is 4.79 Å². The van der Waals surface area contributed by atoms with Gasteiger partial charge in [0.15, 0.2) is 0 Å². The summed E-state index contributed by atoms with van der Waals surface area (Å²) in [6, 6.07) is 9.41. The van der Waals surface area contributed by atoms with Crippen LogP contribution >= 0.6 is 0 Å². The average molecular weight is 356 g/mol. The van der Waals surface area contributed by atoms with Crippen LogP contribution < -0.4 is 0 Å². The number of likely N-dealkylation sites (tertiary alicyclic amines) is 1. The number of piperidine rings is 1. The molecular weight excluding hydrogens is 327 g/mol. The van der Waals surface area contributed by atoms with Gasteiger partial charge >= 0.3 is 0 Å². The lowest BCUT2D eigenvalue weighted by Crippen LogP contribution is -2.47. The molecule has 1 fully saturated rings. The molecule has 140 valence electrons. The Hall–Kier alpha value is -2.20. The SMILES string of the molecule is C=C/C=C(\C=C)N(C(=O)CC)C1CCN(CC(F)c2ccccc2)CC1. The van der Waals surface area contributed by atoms with Crippen LogP contribution in [0.4, 0.5) is 4.39 Å². The van der Waals surface area contributed by atoms with Crippen LogP contribution in [0.2, 0.25) is 0 Å². The Labute approximate surface area is 156 Å². The molecule has 0 spiro atoms. The summed E-state index contributed by atoms with van der Waals surface area (Å²) in [6.07, 6.45) is 6.32. The maximum atomic E-state index is 14.5. The Morgan fingerprint density at radius 2 is 1.96 bits per heavy atom. The van der Waals surface area contributed by atoms with E-state index in [2.05, 4.69) is 18.1 Å². The highest BCUT2D eigenvalue weighted by molar-refractivity contribution is 5.78. The van der Waals surface area contributed by atoms with E-state index in [4.69, 9.17) is 0 Å². The summed E-state index contributed by atoms with van der Waals surface area (Å²) in [5.41, 5.74) is 1.51. The van der Waals surface area contributed by atoms with E-state index >= 15 is 0 Å². The largest absolute Gasteiger partial charge is 0.309 e. The van der Waals surface area contributed by atoms with Crippen molar-refractivity contribution >= 4 is 5.91 Å². The summed E-state index contributed by atoms with van der Waals surface area (Å²) in [7, 11) is 0. The van der Waals surface area contributed by atoms with Gasteiger partial charge in [-0.15, -0.1) is 0 Å². The van der Waals surface area contributed by atoms with Crippen LogP contribution in [0.15, 0.2) is 67.4 Å². The molecule has 1 aliphatic rings. The quantitative estimate of drug-likeness (QED) is 0.633. The fourth-order valence-corrected chi connectivity index (χ4v) is 3.45. The average Bonchev–Trinajstić information content (AvgIpc) is 2.69. The van der Waals surface area contributed by atoms with Crippen LogP contribution in [0.5, 0.6) is 0 Å². The molecular formula is C22H29FN2O. The van der Waals surface area contributed by atoms with Crippen LogP contribution in [0.1, 0.15) is 37.9 Å². The molecule has 0 radical (unpaired) electrons. The molecule has 1 aliphatic heterocycles. The zero-order chi connectivity index (χ0) is 18.9. The van der Waals surface area contributed by atoms with Crippen LogP contribution in [0.25, 0.3) is 0 Å². The zero-order valence-electron chi connectivity index (χ0n) is 15.6. The lowest BCUT2D eigenvalue weighted by molar-refractivity contribution is -0.131. The highest BCUT2D eigenvalue weighted by Crippen LogP contribution is 2.25. The van der Waals surface area contributed by atoms with Crippen molar-refractivity contribution in [1.29, 1.82) is 0 Å². The summed E-state index contributed by atoms with van der Waals surface area (Å²) >= 11 is 0. The van der Waals surface area contributed by atoms with E-state index in [1.807, 2.05) is 48.2 Å². The molecule has 0 saturated carbocycles. The van der Waals surface area contributed by atoms with Crippen molar-refractivity contribution in [2.45, 2.75) is 38.4 Å². The molecule has 2 rings (SSSR count). The number of alkyl halides is 1. The molecule has 4 heteroatoms. The number of hydrogen-bond donors (Lipinski definition) is 0. The van der Waals surface area contributed by atoms with Gasteiger partial charge in [-0.1, -0.05) is 56.5 Å². The third kappa shape index (κ3) is 5.15. The van der Waals surface area contributed by atoms with Crippen molar-refractivity contribution in [3.05, 3.63) is 73.0 Å². The molecule has 1 aromatic rings. The van der Waals surface area contributed by atoms with Crippen LogP contribution in [0, 0.1) is 0 Å². The Morgan fingerprint density at radius 3 is 2.50 bits per heavy atom. The maximum absolute atomic E-state index is 14.5. The number of carbonyl (C=O) groups is 1. The second-order valence-corrected chi connectivity index (χ2v) is 6.56. The smallest absolute Gasteiger partial charge is 0.226 e. The first-order valence-electron chi connectivity index (χ1n) is 9.29. The van der Waals surface area contributed by atoms with Gasteiger partial charge in [0.05, 0.1) is 0 Å². The van der Waals surface area contributed by atoms with Gasteiger partial charge in [0.25, 0.3) is 0 Å². The predicted octanol–water partition coefficient (Wildman–Crippen LogP) is 4.66. The highest BCUT2D eigenvalue weighted by atomic mass is 19.1. The van der Waals surface area contributed by atoms with Crippen LogP contribution in [-0.4, -0.2) is 41.4 Å². The molecule has 0 aliphatic carbocycles. The van der Waals surface area contributed by atoms with Gasteiger partial charge in [-0.2, -0.15) is 0 Å². The Kier molecular flexibility index (Phi) is 7.79. The molecule has 0 bridgehead atoms. The van der Waals surface area contributed by atoms with Crippen molar-refractivity contribution in [2.75, 3.05) is 19.6 Å². The van der Waals surface area contributed by atoms with Gasteiger partial charge in [-0.3, -0.25) is 9.69 Å². The van der Waals surface area contributed by atoms with Gasteiger partial charge in [0.1, 0.15) is 6.17 Å². The summed E-state index contributed by atoms with van der Waals surface area (Å²) < 4.78 is 14.5. The van der Waals surface area contributed by atoms with Crippen molar-refractivity contribution < 1.29 is 9.18 Å². The molecule has 1 unspecified atom stereocenters. The molecule has 0 N–H and O–H groups in total. The number of allylic oxidation sites excluding steroid dienone is 3. The zero-order valence-corrected chi connectivity index (χ0v) is 15.6. The number of rotatable bonds is 8. The number of amides is 1. The van der Waals surface area contributed by atoms with Crippen molar-refractivity contribution in [3.8, 4) is 0 Å². The number of carbonyl (C=O) groups excluding carboxylic acids is 1. The minimum atomic E-state index is -0.981. The maximum Gasteiger partial charge on any atom is 0.226 e. The first-order chi connectivity index (χ1) is 12.6. The number of hydrogen-bond acceptors (Lipinski definition) is 2. The van der Waals surface area contributed by atoms with E-state index in [0.29, 0.717) is 13.0 Å². The van der Waals surface area contributed by atoms with E-state index in [1.165, 1.54) is 0 Å². The van der Waals surface area contributed by atoms with E-state index in [0.717, 1.165) is 37.2 Å². The van der Waals surface area contributed by atoms with Crippen LogP contribution in [0.3, 0.4) is 0 Å². The first kappa shape index (κ1) is 20.1. The Morgan fingerprint density at radius 1 is 1.31 bits per heavy atom. The van der Waals surface area contributed by atoms with Crippen molar-refractivity contribution in [3.63, 3.8) is 0 Å². The topological polar surface area (TPSA) is 23.6 Å². The minimum absolute atomic E-state index is 0.0871. The molecule has 1 aromatic carbocycles. The van der Waals surface area contributed by atoms with E-state index in [1.54, 1.807) is 12.2 Å². The molecule has 0 aromatic heterocycles. The first-order valence-corrected chi connectivity index (χ1v) is 9.29. The molecule has 1 amide bonds. The fraction of sp³-hybridized carbons (Fsp3) is 0.409. The van der Waals surface area contributed by atoms with Gasteiger partial charge in [0, 0.05) is 37.8 Å². The standard InChI is InChI=1S/C22H29FN2O/c1-4-10-19(5-2)25(22(26)6-3)20-13-15-24(16-14-20)17-21(23)18-11-8-7-9-12-18/h4-5,7-12,20-21H,1-2,6,13-17H2,3H3/b19-10+. The third-order valence-electron chi connectivity index (χ3n) is 4.85. The van der Waals surface area contributed by atoms with Crippen molar-refractivity contribution in [2.24, 2.45) is 0 Å². The summed E-state index contributed by atoms with van der Waals surface area (Å²) in [5, 5.41) is 0. The molecule has 3 nitrogen and oxygen atoms in total. The molecule has 26 heavy (non-hydrogen) atoms. The van der Waals surface area contributed by atoms with E-state index in [-0.39, 0.29) is 11.9 Å². The molecule has 1 atom stereocenters. The summed E-state index contributed by atoms with van der Waals surface area (Å²) in [4.78, 5) is 16.4.